The zero-order valence-corrected chi connectivity index (χ0v) is 49.8. The summed E-state index contributed by atoms with van der Waals surface area (Å²) in [4.78, 5) is 40.8. The van der Waals surface area contributed by atoms with Gasteiger partial charge in [-0.15, -0.1) is 0 Å². The number of rotatable bonds is 30. The van der Waals surface area contributed by atoms with Crippen molar-refractivity contribution in [1.29, 1.82) is 0 Å². The number of carboxylic acid groups (broad SMARTS) is 2. The van der Waals surface area contributed by atoms with Crippen molar-refractivity contribution in [2.75, 3.05) is 48.5 Å². The molecule has 4 aliphatic rings. The van der Waals surface area contributed by atoms with Crippen molar-refractivity contribution < 1.29 is 62.0 Å². The van der Waals surface area contributed by atoms with Crippen molar-refractivity contribution in [3.05, 3.63) is 94.0 Å². The molecular formula is C67H94N2O11. The number of benzene rings is 4. The van der Waals surface area contributed by atoms with Gasteiger partial charge in [-0.2, -0.15) is 0 Å². The van der Waals surface area contributed by atoms with Crippen LogP contribution >= 0.6 is 0 Å². The third-order valence-electron chi connectivity index (χ3n) is 18.1. The predicted molar refractivity (Wildman–Crippen MR) is 310 cm³/mol. The number of quaternary nitrogens is 2. The summed E-state index contributed by atoms with van der Waals surface area (Å²) in [5.41, 5.74) is 5.34. The van der Waals surface area contributed by atoms with Gasteiger partial charge in [0.15, 0.2) is 34.5 Å². The summed E-state index contributed by atoms with van der Waals surface area (Å²) in [5.74, 6) is 0.203. The normalized spacial score (nSPS) is 20.0. The Hall–Kier alpha value is -5.79. The molecule has 0 saturated heterocycles. The molecule has 6 unspecified atom stereocenters. The van der Waals surface area contributed by atoms with E-state index in [2.05, 4.69) is 20.9 Å². The van der Waals surface area contributed by atoms with E-state index in [4.69, 9.17) is 28.4 Å². The fourth-order valence-corrected chi connectivity index (χ4v) is 13.4. The summed E-state index contributed by atoms with van der Waals surface area (Å²) in [6.45, 7) is 6.83. The summed E-state index contributed by atoms with van der Waals surface area (Å²) in [7, 11) is 8.82. The molecule has 8 rings (SSSR count). The highest BCUT2D eigenvalue weighted by Crippen LogP contribution is 2.55. The van der Waals surface area contributed by atoms with E-state index in [1.54, 1.807) is 14.2 Å². The maximum atomic E-state index is 13.8. The first-order valence-corrected chi connectivity index (χ1v) is 30.5. The van der Waals surface area contributed by atoms with Crippen LogP contribution in [-0.2, 0) is 40.1 Å². The Bertz CT molecular complexity index is 2670. The van der Waals surface area contributed by atoms with Crippen molar-refractivity contribution in [3.63, 3.8) is 0 Å². The van der Waals surface area contributed by atoms with Crippen molar-refractivity contribution in [1.82, 2.24) is 0 Å². The average Bonchev–Trinajstić information content (AvgIpc) is 3.44. The number of fused-ring (bicyclic) bond motifs is 2. The second-order valence-electron chi connectivity index (χ2n) is 23.6. The van der Waals surface area contributed by atoms with Gasteiger partial charge >= 0.3 is 5.97 Å². The van der Waals surface area contributed by atoms with E-state index in [-0.39, 0.29) is 26.5 Å². The first-order chi connectivity index (χ1) is 38.7. The van der Waals surface area contributed by atoms with Gasteiger partial charge in [-0.1, -0.05) is 148 Å². The molecule has 6 bridgehead atoms. The number of hydrogen-bond acceptors (Lipinski definition) is 11. The van der Waals surface area contributed by atoms with Crippen LogP contribution in [0.4, 0.5) is 0 Å². The van der Waals surface area contributed by atoms with E-state index in [1.807, 2.05) is 67.7 Å². The summed E-state index contributed by atoms with van der Waals surface area (Å²) < 4.78 is 38.6. The molecule has 13 nitrogen and oxygen atoms in total. The lowest BCUT2D eigenvalue weighted by Gasteiger charge is -2.51. The lowest BCUT2D eigenvalue weighted by Crippen LogP contribution is -2.63. The fraction of sp³-hybridized carbons (Fsp3) is 0.597. The maximum Gasteiger partial charge on any atom is 0.308 e. The van der Waals surface area contributed by atoms with Crippen LogP contribution in [0.5, 0.6) is 46.0 Å². The molecule has 6 atom stereocenters. The Labute approximate surface area is 478 Å². The number of unbranched alkanes of at least 4 members (excludes halogenated alkanes) is 18. The molecule has 80 heavy (non-hydrogen) atoms. The summed E-state index contributed by atoms with van der Waals surface area (Å²) in [5, 5.41) is 27.5. The zero-order valence-electron chi connectivity index (χ0n) is 49.8. The minimum absolute atomic E-state index is 0.0649. The van der Waals surface area contributed by atoms with E-state index in [1.165, 1.54) is 91.1 Å². The van der Waals surface area contributed by atoms with Gasteiger partial charge in [0.2, 0.25) is 5.75 Å². The molecule has 438 valence electrons. The molecule has 0 fully saturated rings. The van der Waals surface area contributed by atoms with E-state index in [0.717, 1.165) is 79.2 Å². The van der Waals surface area contributed by atoms with Gasteiger partial charge in [-0.05, 0) is 77.6 Å². The number of esters is 1. The van der Waals surface area contributed by atoms with Gasteiger partial charge in [0, 0.05) is 51.0 Å². The van der Waals surface area contributed by atoms with Crippen molar-refractivity contribution >= 4 is 17.9 Å². The van der Waals surface area contributed by atoms with Crippen LogP contribution in [0.3, 0.4) is 0 Å². The van der Waals surface area contributed by atoms with Gasteiger partial charge in [0.1, 0.15) is 29.9 Å². The Balaban J connectivity index is 1.35. The number of carbonyl (C=O) groups is 3. The van der Waals surface area contributed by atoms with E-state index >= 15 is 0 Å². The van der Waals surface area contributed by atoms with Crippen LogP contribution in [0.1, 0.15) is 207 Å². The SMILES string of the molecule is CCCCCCCCCCCCC(C(=O)[O-])[N+]1(C)CCc2cc(OC)c3cc2C1Cc1ccc(cc1)Oc1cc(ccc1OC)CC1c2c(cc(OC)c(OC(C)=O)c2O3)CC[N+]1(C)C(CCCCCCCCCCCC)C(=O)[O-]. The topological polar surface area (TPSA) is 153 Å². The Morgan fingerprint density at radius 2 is 1.01 bits per heavy atom. The highest BCUT2D eigenvalue weighted by Gasteiger charge is 2.49. The van der Waals surface area contributed by atoms with Gasteiger partial charge in [-0.3, -0.25) is 4.79 Å². The number of hydrogen-bond donors (Lipinski definition) is 0. The molecule has 0 aliphatic carbocycles. The largest absolute Gasteiger partial charge is 0.544 e. The molecule has 0 radical (unpaired) electrons. The molecule has 4 aromatic carbocycles. The number of likely N-dealkylation sites (N-methyl/N-ethyl adjacent to an activating group) is 2. The second kappa shape index (κ2) is 29.8. The molecule has 4 heterocycles. The minimum Gasteiger partial charge on any atom is -0.544 e. The van der Waals surface area contributed by atoms with Crippen molar-refractivity contribution in [2.24, 2.45) is 0 Å². The first-order valence-electron chi connectivity index (χ1n) is 30.5. The number of aliphatic carboxylic acids is 2. The van der Waals surface area contributed by atoms with Crippen LogP contribution in [0.15, 0.2) is 60.7 Å². The van der Waals surface area contributed by atoms with Crippen LogP contribution < -0.4 is 38.6 Å². The van der Waals surface area contributed by atoms with E-state index in [0.29, 0.717) is 91.7 Å². The van der Waals surface area contributed by atoms with E-state index in [9.17, 15) is 24.6 Å². The second-order valence-corrected chi connectivity index (χ2v) is 23.6. The Kier molecular flexibility index (Phi) is 23.0. The zero-order chi connectivity index (χ0) is 57.2. The molecule has 13 heteroatoms. The third-order valence-corrected chi connectivity index (χ3v) is 18.1. The van der Waals surface area contributed by atoms with Crippen LogP contribution in [0.2, 0.25) is 0 Å². The maximum absolute atomic E-state index is 13.8. The monoisotopic (exact) mass is 1100 g/mol. The van der Waals surface area contributed by atoms with Gasteiger partial charge in [0.05, 0.1) is 66.0 Å². The van der Waals surface area contributed by atoms with Gasteiger partial charge in [0.25, 0.3) is 0 Å². The van der Waals surface area contributed by atoms with Crippen LogP contribution in [0, 0.1) is 0 Å². The molecule has 4 aromatic rings. The smallest absolute Gasteiger partial charge is 0.308 e. The minimum atomic E-state index is -1.11. The highest BCUT2D eigenvalue weighted by atomic mass is 16.6. The number of carbonyl (C=O) groups excluding carboxylic acids is 3. The lowest BCUT2D eigenvalue weighted by atomic mass is 9.83. The first kappa shape index (κ1) is 61.8. The molecule has 0 amide bonds. The summed E-state index contributed by atoms with van der Waals surface area (Å²) in [6.07, 6.45) is 25.5. The quantitative estimate of drug-likeness (QED) is 0.0212. The highest BCUT2D eigenvalue weighted by molar-refractivity contribution is 5.75. The number of carboxylic acids is 2. The summed E-state index contributed by atoms with van der Waals surface area (Å²) in [6, 6.07) is 17.0. The molecule has 4 aliphatic heterocycles. The van der Waals surface area contributed by atoms with Crippen molar-refractivity contribution in [2.45, 2.75) is 212 Å². The third kappa shape index (κ3) is 15.2. The molecule has 0 spiro atoms. The van der Waals surface area contributed by atoms with Crippen LogP contribution in [0.25, 0.3) is 0 Å². The fourth-order valence-electron chi connectivity index (χ4n) is 13.4. The Morgan fingerprint density at radius 3 is 1.52 bits per heavy atom. The van der Waals surface area contributed by atoms with Crippen LogP contribution in [-0.4, -0.2) is 87.5 Å². The number of methoxy groups -OCH3 is 3. The molecular weight excluding hydrogens is 1010 g/mol. The molecule has 0 N–H and O–H groups in total. The van der Waals surface area contributed by atoms with Crippen molar-refractivity contribution in [3.8, 4) is 46.0 Å². The Morgan fingerprint density at radius 1 is 0.550 bits per heavy atom. The standard InChI is InChI=1S/C67H94N2O11/c1-9-11-13-15-17-19-21-23-25-27-29-54(66(71)72)68(4)39-37-50-44-59(76-7)61-46-53(50)56(68)41-48-31-34-52(35-32-48)79-60-43-49(33-36-58(60)75-6)42-57-63-51(45-62(77-8)64(65(63)80-61)78-47(3)70)38-40-69(57,5)55(67(73)74)30-28-26-24-22-20-18-16-14-12-10-2/h31-36,43-46,54-57H,9-30,37-42H2,1-8H3. The molecule has 0 aromatic heterocycles. The molecule has 0 saturated carbocycles. The lowest BCUT2D eigenvalue weighted by molar-refractivity contribution is -0.958. The van der Waals surface area contributed by atoms with E-state index < -0.39 is 36.0 Å². The number of nitrogens with zero attached hydrogens (tertiary/aromatic N) is 2. The summed E-state index contributed by atoms with van der Waals surface area (Å²) >= 11 is 0. The number of ether oxygens (including phenoxy) is 6. The van der Waals surface area contributed by atoms with Gasteiger partial charge in [-0.25, -0.2) is 0 Å². The van der Waals surface area contributed by atoms with Gasteiger partial charge < -0.3 is 57.2 Å². The predicted octanol–water partition coefficient (Wildman–Crippen LogP) is 13.0. The average molecular weight is 1100 g/mol.